The molecule has 0 atom stereocenters. The Hall–Kier alpha value is -1.79. The summed E-state index contributed by atoms with van der Waals surface area (Å²) in [6, 6.07) is -0.115. The van der Waals surface area contributed by atoms with Crippen LogP contribution in [0.4, 0.5) is 19.1 Å². The van der Waals surface area contributed by atoms with Gasteiger partial charge < -0.3 is 5.32 Å². The van der Waals surface area contributed by atoms with Crippen molar-refractivity contribution in [1.82, 2.24) is 19.3 Å². The molecule has 7 nitrogen and oxygen atoms in total. The molecule has 0 radical (unpaired) electrons. The number of alkyl halides is 3. The molecule has 0 bridgehead atoms. The van der Waals surface area contributed by atoms with Gasteiger partial charge in [-0.3, -0.25) is 0 Å². The summed E-state index contributed by atoms with van der Waals surface area (Å²) in [4.78, 5) is 12.2. The van der Waals surface area contributed by atoms with Crippen molar-refractivity contribution >= 4 is 27.3 Å². The zero-order valence-corrected chi connectivity index (χ0v) is 22.5. The van der Waals surface area contributed by atoms with Crippen LogP contribution in [0.2, 0.25) is 0 Å². The summed E-state index contributed by atoms with van der Waals surface area (Å²) in [7, 11) is -3.24. The lowest BCUT2D eigenvalue weighted by molar-refractivity contribution is -0.137. The molecule has 0 amide bonds. The van der Waals surface area contributed by atoms with E-state index in [1.165, 1.54) is 16.9 Å². The molecular formula is C22H36F3N5O2S2. The maximum atomic E-state index is 13.3. The first kappa shape index (κ1) is 30.2. The van der Waals surface area contributed by atoms with E-state index in [1.807, 2.05) is 13.8 Å². The van der Waals surface area contributed by atoms with Crippen LogP contribution in [0.15, 0.2) is 12.4 Å². The number of aromatic nitrogens is 3. The molecule has 0 saturated carbocycles. The molecular weight excluding hydrogens is 487 g/mol. The summed E-state index contributed by atoms with van der Waals surface area (Å²) in [6.07, 6.45) is 1.06. The van der Waals surface area contributed by atoms with Gasteiger partial charge >= 0.3 is 6.18 Å². The van der Waals surface area contributed by atoms with Crippen LogP contribution in [0.1, 0.15) is 64.5 Å². The molecule has 3 rings (SSSR count). The van der Waals surface area contributed by atoms with Gasteiger partial charge in [0.05, 0.1) is 21.8 Å². The zero-order valence-electron chi connectivity index (χ0n) is 20.9. The lowest BCUT2D eigenvalue weighted by Crippen LogP contribution is -2.42. The largest absolute Gasteiger partial charge is 0.420 e. The molecule has 1 N–H and O–H groups in total. The number of nitrogens with zero attached hydrogens (tertiary/aromatic N) is 4. The second kappa shape index (κ2) is 13.3. The Morgan fingerprint density at radius 3 is 2.15 bits per heavy atom. The number of halogens is 3. The summed E-state index contributed by atoms with van der Waals surface area (Å²) in [6.45, 7) is 13.0. The first-order chi connectivity index (χ1) is 15.8. The molecule has 0 aliphatic carbocycles. The Kier molecular flexibility index (Phi) is 11.9. The van der Waals surface area contributed by atoms with E-state index in [0.717, 1.165) is 29.7 Å². The number of hydrogen-bond acceptors (Lipinski definition) is 7. The van der Waals surface area contributed by atoms with Gasteiger partial charge in [-0.15, -0.1) is 11.3 Å². The topological polar surface area (TPSA) is 88.1 Å². The number of sulfonamides is 1. The predicted molar refractivity (Wildman–Crippen MR) is 132 cm³/mol. The number of thiazole rings is 1. The van der Waals surface area contributed by atoms with Crippen molar-refractivity contribution < 1.29 is 21.6 Å². The van der Waals surface area contributed by atoms with E-state index in [2.05, 4.69) is 41.0 Å². The van der Waals surface area contributed by atoms with Gasteiger partial charge in [0.1, 0.15) is 5.56 Å². The lowest BCUT2D eigenvalue weighted by Gasteiger charge is -2.30. The number of rotatable bonds is 5. The highest BCUT2D eigenvalue weighted by Gasteiger charge is 2.36. The number of nitrogens with one attached hydrogen (secondary N) is 1. The van der Waals surface area contributed by atoms with Crippen LogP contribution in [-0.2, 0) is 16.2 Å². The quantitative estimate of drug-likeness (QED) is 0.530. The van der Waals surface area contributed by atoms with E-state index >= 15 is 0 Å². The lowest BCUT2D eigenvalue weighted by atomic mass is 10.1. The van der Waals surface area contributed by atoms with E-state index in [9.17, 15) is 21.6 Å². The zero-order chi connectivity index (χ0) is 26.1. The van der Waals surface area contributed by atoms with Crippen LogP contribution < -0.4 is 5.32 Å². The van der Waals surface area contributed by atoms with Crippen LogP contribution in [0.25, 0.3) is 10.6 Å². The second-order valence-corrected chi connectivity index (χ2v) is 11.3. The van der Waals surface area contributed by atoms with Crippen molar-refractivity contribution in [2.75, 3.05) is 24.7 Å². The minimum Gasteiger partial charge on any atom is -0.351 e. The molecule has 2 aromatic rings. The first-order valence-corrected chi connectivity index (χ1v) is 14.1. The third kappa shape index (κ3) is 9.46. The van der Waals surface area contributed by atoms with Crippen molar-refractivity contribution in [2.24, 2.45) is 5.92 Å². The fourth-order valence-corrected chi connectivity index (χ4v) is 4.49. The summed E-state index contributed by atoms with van der Waals surface area (Å²) in [5.74, 6) is 0.969. The maximum absolute atomic E-state index is 13.3. The van der Waals surface area contributed by atoms with E-state index in [4.69, 9.17) is 0 Å². The molecule has 1 aliphatic heterocycles. The van der Waals surface area contributed by atoms with Gasteiger partial charge in [-0.2, -0.15) is 13.2 Å². The Morgan fingerprint density at radius 2 is 1.74 bits per heavy atom. The third-order valence-corrected chi connectivity index (χ3v) is 7.24. The average molecular weight is 524 g/mol. The van der Waals surface area contributed by atoms with Crippen molar-refractivity contribution in [1.29, 1.82) is 0 Å². The van der Waals surface area contributed by atoms with Crippen molar-refractivity contribution in [2.45, 2.75) is 73.0 Å². The molecule has 1 fully saturated rings. The normalized spacial score (nSPS) is 15.3. The van der Waals surface area contributed by atoms with E-state index in [1.54, 1.807) is 6.92 Å². The highest BCUT2D eigenvalue weighted by atomic mass is 32.2. The second-order valence-electron chi connectivity index (χ2n) is 8.08. The SMILES string of the molecule is CC.CCC(C)C.Cc1ncc(-c2nc(NC3CCN(S(C)(=O)=O)CC3)ncc2C(F)(F)F)s1. The molecule has 0 aromatic carbocycles. The molecule has 0 spiro atoms. The minimum absolute atomic E-state index is 0.0851. The number of aryl methyl sites for hydroxylation is 1. The highest BCUT2D eigenvalue weighted by molar-refractivity contribution is 7.88. The Bertz CT molecular complexity index is 987. The Labute approximate surface area is 205 Å². The summed E-state index contributed by atoms with van der Waals surface area (Å²) in [5, 5.41) is 3.66. The Morgan fingerprint density at radius 1 is 1.18 bits per heavy atom. The van der Waals surface area contributed by atoms with Gasteiger partial charge in [-0.1, -0.05) is 41.0 Å². The smallest absolute Gasteiger partial charge is 0.351 e. The molecule has 34 heavy (non-hydrogen) atoms. The van der Waals surface area contributed by atoms with E-state index in [-0.39, 0.29) is 17.7 Å². The van der Waals surface area contributed by atoms with Crippen LogP contribution in [-0.4, -0.2) is 53.1 Å². The molecule has 194 valence electrons. The highest BCUT2D eigenvalue weighted by Crippen LogP contribution is 2.38. The van der Waals surface area contributed by atoms with Crippen LogP contribution in [0, 0.1) is 12.8 Å². The number of piperidine rings is 1. The number of hydrogen-bond donors (Lipinski definition) is 1. The van der Waals surface area contributed by atoms with Crippen molar-refractivity contribution in [3.63, 3.8) is 0 Å². The molecule has 1 aliphatic rings. The standard InChI is InChI=1S/C15H18F3N5O2S2.C5H12.C2H6/c1-9-19-8-12(26-9)13-11(15(16,17)18)7-20-14(22-13)21-10-3-5-23(6-4-10)27(2,24)25;1-4-5(2)3;1-2/h7-8,10H,3-6H2,1-2H3,(H,20,21,22);5H,4H2,1-3H3;1-2H3. The van der Waals surface area contributed by atoms with Gasteiger partial charge in [0.15, 0.2) is 0 Å². The third-order valence-electron chi connectivity index (χ3n) is 5.02. The summed E-state index contributed by atoms with van der Waals surface area (Å²) in [5.41, 5.74) is -1.12. The average Bonchev–Trinajstić information content (AvgIpc) is 3.21. The van der Waals surface area contributed by atoms with Crippen molar-refractivity contribution in [3.05, 3.63) is 23.0 Å². The van der Waals surface area contributed by atoms with Crippen LogP contribution >= 0.6 is 11.3 Å². The summed E-state index contributed by atoms with van der Waals surface area (Å²) < 4.78 is 64.4. The minimum atomic E-state index is -4.58. The van der Waals surface area contributed by atoms with E-state index in [0.29, 0.717) is 35.8 Å². The van der Waals surface area contributed by atoms with Crippen LogP contribution in [0.5, 0.6) is 0 Å². The Balaban J connectivity index is 0.000000733. The van der Waals surface area contributed by atoms with Gasteiger partial charge in [0, 0.05) is 31.5 Å². The van der Waals surface area contributed by atoms with Crippen molar-refractivity contribution in [3.8, 4) is 10.6 Å². The summed E-state index contributed by atoms with van der Waals surface area (Å²) >= 11 is 1.13. The molecule has 3 heterocycles. The van der Waals surface area contributed by atoms with Gasteiger partial charge in [-0.25, -0.2) is 27.7 Å². The van der Waals surface area contributed by atoms with Gasteiger partial charge in [0.25, 0.3) is 0 Å². The van der Waals surface area contributed by atoms with Crippen LogP contribution in [0.3, 0.4) is 0 Å². The first-order valence-electron chi connectivity index (χ1n) is 11.4. The fraction of sp³-hybridized carbons (Fsp3) is 0.682. The van der Waals surface area contributed by atoms with E-state index < -0.39 is 21.8 Å². The monoisotopic (exact) mass is 523 g/mol. The van der Waals surface area contributed by atoms with Gasteiger partial charge in [0.2, 0.25) is 16.0 Å². The van der Waals surface area contributed by atoms with Gasteiger partial charge in [-0.05, 0) is 25.7 Å². The predicted octanol–water partition coefficient (Wildman–Crippen LogP) is 5.84. The number of anilines is 1. The molecule has 2 aromatic heterocycles. The fourth-order valence-electron chi connectivity index (χ4n) is 2.83. The molecule has 0 unspecified atom stereocenters. The molecule has 12 heteroatoms. The molecule has 1 saturated heterocycles. The maximum Gasteiger partial charge on any atom is 0.420 e.